The molecule has 2 heterocycles. The van der Waals surface area contributed by atoms with Crippen molar-refractivity contribution in [1.29, 1.82) is 0 Å². The fraction of sp³-hybridized carbons (Fsp3) is 0.222. The molecule has 0 saturated heterocycles. The topological polar surface area (TPSA) is 17.3 Å². The first-order valence-electron chi connectivity index (χ1n) is 3.68. The Morgan fingerprint density at radius 3 is 2.82 bits per heavy atom. The second-order valence-electron chi connectivity index (χ2n) is 2.75. The highest BCUT2D eigenvalue weighted by molar-refractivity contribution is 5.51. The minimum atomic E-state index is 1.09. The van der Waals surface area contributed by atoms with Crippen LogP contribution in [0.2, 0.25) is 0 Å². The molecule has 0 aromatic carbocycles. The van der Waals surface area contributed by atoms with E-state index >= 15 is 0 Å². The van der Waals surface area contributed by atoms with Crippen LogP contribution >= 0.6 is 0 Å². The van der Waals surface area contributed by atoms with E-state index in [1.54, 1.807) is 0 Å². The Labute approximate surface area is 65.5 Å². The number of aromatic nitrogens is 2. The largest absolute Gasteiger partial charge is 0.303 e. The standard InChI is InChI=1S/C9H10N2/c1-7-4-3-5-9-8(2)10-6-11(7)9/h3-6H,1-2H3. The van der Waals surface area contributed by atoms with Gasteiger partial charge in [0.25, 0.3) is 0 Å². The molecule has 2 rings (SSSR count). The van der Waals surface area contributed by atoms with Gasteiger partial charge in [-0.1, -0.05) is 6.07 Å². The summed E-state index contributed by atoms with van der Waals surface area (Å²) in [5, 5.41) is 0. The van der Waals surface area contributed by atoms with E-state index in [0.29, 0.717) is 0 Å². The summed E-state index contributed by atoms with van der Waals surface area (Å²) in [5.41, 5.74) is 3.52. The van der Waals surface area contributed by atoms with Crippen LogP contribution < -0.4 is 0 Å². The number of hydrogen-bond acceptors (Lipinski definition) is 1. The second-order valence-corrected chi connectivity index (χ2v) is 2.75. The van der Waals surface area contributed by atoms with Crippen LogP contribution in [0.5, 0.6) is 0 Å². The Morgan fingerprint density at radius 1 is 1.27 bits per heavy atom. The Hall–Kier alpha value is -1.31. The minimum absolute atomic E-state index is 1.09. The van der Waals surface area contributed by atoms with Crippen molar-refractivity contribution >= 4 is 5.52 Å². The number of aryl methyl sites for hydroxylation is 2. The Bertz CT molecular complexity index is 387. The Balaban J connectivity index is 2.94. The first kappa shape index (κ1) is 6.40. The molecule has 0 amide bonds. The molecular weight excluding hydrogens is 136 g/mol. The molecule has 2 heteroatoms. The first-order valence-corrected chi connectivity index (χ1v) is 3.68. The van der Waals surface area contributed by atoms with Crippen molar-refractivity contribution in [3.63, 3.8) is 0 Å². The summed E-state index contributed by atoms with van der Waals surface area (Å²) in [6, 6.07) is 6.21. The van der Waals surface area contributed by atoms with Crippen LogP contribution in [0.15, 0.2) is 24.5 Å². The summed E-state index contributed by atoms with van der Waals surface area (Å²) >= 11 is 0. The molecule has 0 spiro atoms. The fourth-order valence-corrected chi connectivity index (χ4v) is 1.29. The molecule has 2 aromatic rings. The zero-order valence-electron chi connectivity index (χ0n) is 6.70. The van der Waals surface area contributed by atoms with Crippen LogP contribution in [0, 0.1) is 13.8 Å². The van der Waals surface area contributed by atoms with E-state index < -0.39 is 0 Å². The fourth-order valence-electron chi connectivity index (χ4n) is 1.29. The summed E-state index contributed by atoms with van der Waals surface area (Å²) in [6.07, 6.45) is 1.86. The van der Waals surface area contributed by atoms with Gasteiger partial charge in [-0.3, -0.25) is 0 Å². The van der Waals surface area contributed by atoms with E-state index in [4.69, 9.17) is 0 Å². The van der Waals surface area contributed by atoms with Crippen LogP contribution in [0.4, 0.5) is 0 Å². The average molecular weight is 146 g/mol. The normalized spacial score (nSPS) is 10.7. The van der Waals surface area contributed by atoms with Gasteiger partial charge in [0.05, 0.1) is 17.5 Å². The molecule has 2 nitrogen and oxygen atoms in total. The quantitative estimate of drug-likeness (QED) is 0.555. The van der Waals surface area contributed by atoms with Gasteiger partial charge >= 0.3 is 0 Å². The lowest BCUT2D eigenvalue weighted by Crippen LogP contribution is -1.86. The van der Waals surface area contributed by atoms with Crippen LogP contribution in [0.1, 0.15) is 11.4 Å². The van der Waals surface area contributed by atoms with Gasteiger partial charge in [-0.05, 0) is 26.0 Å². The van der Waals surface area contributed by atoms with Crippen molar-refractivity contribution in [3.8, 4) is 0 Å². The molecule has 11 heavy (non-hydrogen) atoms. The number of hydrogen-bond donors (Lipinski definition) is 0. The summed E-state index contributed by atoms with van der Waals surface area (Å²) in [6.45, 7) is 4.10. The van der Waals surface area contributed by atoms with E-state index in [1.165, 1.54) is 11.2 Å². The summed E-state index contributed by atoms with van der Waals surface area (Å²) in [7, 11) is 0. The maximum atomic E-state index is 4.22. The number of fused-ring (bicyclic) bond motifs is 1. The maximum Gasteiger partial charge on any atom is 0.0997 e. The molecule has 0 aliphatic heterocycles. The highest BCUT2D eigenvalue weighted by Crippen LogP contribution is 2.09. The van der Waals surface area contributed by atoms with Gasteiger partial charge < -0.3 is 4.40 Å². The van der Waals surface area contributed by atoms with Crippen LogP contribution in [-0.2, 0) is 0 Å². The third-order valence-corrected chi connectivity index (χ3v) is 1.97. The van der Waals surface area contributed by atoms with Crippen molar-refractivity contribution in [2.24, 2.45) is 0 Å². The lowest BCUT2D eigenvalue weighted by molar-refractivity contribution is 1.07. The average Bonchev–Trinajstić information content (AvgIpc) is 2.35. The van der Waals surface area contributed by atoms with Crippen LogP contribution in [0.3, 0.4) is 0 Å². The van der Waals surface area contributed by atoms with Crippen LogP contribution in [0.25, 0.3) is 5.52 Å². The Morgan fingerprint density at radius 2 is 2.09 bits per heavy atom. The second kappa shape index (κ2) is 2.09. The number of pyridine rings is 1. The van der Waals surface area contributed by atoms with Gasteiger partial charge in [0, 0.05) is 5.69 Å². The summed E-state index contributed by atoms with van der Waals surface area (Å²) < 4.78 is 2.09. The molecule has 0 bridgehead atoms. The van der Waals surface area contributed by atoms with E-state index in [9.17, 15) is 0 Å². The lowest BCUT2D eigenvalue weighted by atomic mass is 10.3. The molecule has 0 atom stereocenters. The molecule has 0 N–H and O–H groups in total. The molecule has 0 aliphatic rings. The number of rotatable bonds is 0. The predicted molar refractivity (Wildman–Crippen MR) is 44.7 cm³/mol. The van der Waals surface area contributed by atoms with E-state index in [0.717, 1.165) is 5.69 Å². The van der Waals surface area contributed by atoms with Crippen molar-refractivity contribution in [2.75, 3.05) is 0 Å². The van der Waals surface area contributed by atoms with Crippen molar-refractivity contribution in [2.45, 2.75) is 13.8 Å². The molecule has 2 aromatic heterocycles. The molecule has 0 unspecified atom stereocenters. The Kier molecular flexibility index (Phi) is 1.22. The molecule has 0 aliphatic carbocycles. The van der Waals surface area contributed by atoms with E-state index in [2.05, 4.69) is 34.5 Å². The molecule has 0 fully saturated rings. The lowest BCUT2D eigenvalue weighted by Gasteiger charge is -1.97. The van der Waals surface area contributed by atoms with Gasteiger partial charge in [-0.15, -0.1) is 0 Å². The van der Waals surface area contributed by atoms with Crippen molar-refractivity contribution in [3.05, 3.63) is 35.9 Å². The summed E-state index contributed by atoms with van der Waals surface area (Å²) in [4.78, 5) is 4.22. The zero-order chi connectivity index (χ0) is 7.84. The highest BCUT2D eigenvalue weighted by atomic mass is 15.0. The predicted octanol–water partition coefficient (Wildman–Crippen LogP) is 1.95. The summed E-state index contributed by atoms with van der Waals surface area (Å²) in [5.74, 6) is 0. The number of imidazole rings is 1. The number of nitrogens with zero attached hydrogens (tertiary/aromatic N) is 2. The van der Waals surface area contributed by atoms with Crippen LogP contribution in [-0.4, -0.2) is 9.38 Å². The van der Waals surface area contributed by atoms with E-state index in [-0.39, 0.29) is 0 Å². The van der Waals surface area contributed by atoms with Gasteiger partial charge in [-0.25, -0.2) is 4.98 Å². The van der Waals surface area contributed by atoms with Gasteiger partial charge in [-0.2, -0.15) is 0 Å². The molecule has 0 saturated carbocycles. The SMILES string of the molecule is Cc1ncn2c(C)cccc12. The molecule has 56 valence electrons. The molecular formula is C9H10N2. The zero-order valence-corrected chi connectivity index (χ0v) is 6.70. The monoisotopic (exact) mass is 146 g/mol. The van der Waals surface area contributed by atoms with Gasteiger partial charge in [0.15, 0.2) is 0 Å². The van der Waals surface area contributed by atoms with Crippen molar-refractivity contribution in [1.82, 2.24) is 9.38 Å². The first-order chi connectivity index (χ1) is 5.29. The third kappa shape index (κ3) is 0.827. The third-order valence-electron chi connectivity index (χ3n) is 1.97. The van der Waals surface area contributed by atoms with E-state index in [1.807, 2.05) is 13.3 Å². The van der Waals surface area contributed by atoms with Gasteiger partial charge in [0.1, 0.15) is 0 Å². The van der Waals surface area contributed by atoms with Gasteiger partial charge in [0.2, 0.25) is 0 Å². The minimum Gasteiger partial charge on any atom is -0.303 e. The maximum absolute atomic E-state index is 4.22. The molecule has 0 radical (unpaired) electrons. The van der Waals surface area contributed by atoms with Crippen molar-refractivity contribution < 1.29 is 0 Å². The highest BCUT2D eigenvalue weighted by Gasteiger charge is 1.98. The smallest absolute Gasteiger partial charge is 0.0997 e.